The molecule has 9 aromatic carbocycles. The highest BCUT2D eigenvalue weighted by Gasteiger charge is 2.20. The van der Waals surface area contributed by atoms with Gasteiger partial charge in [0.15, 0.2) is 46.3 Å². The summed E-state index contributed by atoms with van der Waals surface area (Å²) in [6.45, 7) is 26.1. The number of hydrogen-bond acceptors (Lipinski definition) is 18. The Hall–Kier alpha value is -11.3. The lowest BCUT2D eigenvalue weighted by Gasteiger charge is -2.13. The van der Waals surface area contributed by atoms with Crippen molar-refractivity contribution < 1.29 is 81.1 Å². The number of aryl methyl sites for hydroxylation is 9. The van der Waals surface area contributed by atoms with Crippen LogP contribution in [0.1, 0.15) is 311 Å². The second-order valence-corrected chi connectivity index (χ2v) is 35.6. The number of rotatable bonds is 44. The van der Waals surface area contributed by atoms with Crippen molar-refractivity contribution in [2.24, 2.45) is 11.5 Å². The van der Waals surface area contributed by atoms with Crippen LogP contribution in [-0.4, -0.2) is 153 Å². The Kier molecular flexibility index (Phi) is 64.2. The van der Waals surface area contributed by atoms with Gasteiger partial charge in [-0.15, -0.1) is 0 Å². The molecule has 9 N–H and O–H groups in total. The largest absolute Gasteiger partial charge is 0.394 e. The zero-order valence-electron chi connectivity index (χ0n) is 83.8. The zero-order valence-corrected chi connectivity index (χ0v) is 86.8. The summed E-state index contributed by atoms with van der Waals surface area (Å²) < 4.78 is 26.8. The first-order chi connectivity index (χ1) is 66.6. The monoisotopic (exact) mass is 2000 g/mol. The van der Waals surface area contributed by atoms with Gasteiger partial charge in [-0.2, -0.15) is 0 Å². The number of nitrogens with one attached hydrogen (secondary N) is 4. The highest BCUT2D eigenvalue weighted by atomic mass is 35.5. The normalized spacial score (nSPS) is 10.9. The molecular formula is C112H143Cl4F2N7O15. The third-order valence-corrected chi connectivity index (χ3v) is 22.7. The van der Waals surface area contributed by atoms with Gasteiger partial charge >= 0.3 is 0 Å². The number of primary amides is 2. The maximum Gasteiger partial charge on any atom is 0.276 e. The molecule has 0 aliphatic carbocycles. The first kappa shape index (κ1) is 125. The number of likely N-dealkylation sites (tertiary alicyclic amines) is 1. The lowest BCUT2D eigenvalue weighted by Crippen LogP contribution is -2.25. The van der Waals surface area contributed by atoms with Crippen molar-refractivity contribution in [3.05, 3.63) is 314 Å². The van der Waals surface area contributed by atoms with Crippen LogP contribution >= 0.6 is 46.4 Å². The summed E-state index contributed by atoms with van der Waals surface area (Å²) in [4.78, 5) is 155. The predicted octanol–water partition coefficient (Wildman–Crippen LogP) is 23.4. The molecule has 0 atom stereocenters. The Balaban J connectivity index is 0.000000533. The molecule has 0 spiro atoms. The molecule has 1 aliphatic heterocycles. The average Bonchev–Trinajstić information content (AvgIpc) is 0.923. The molecule has 1 aliphatic rings. The van der Waals surface area contributed by atoms with E-state index in [9.17, 15) is 71.1 Å². The van der Waals surface area contributed by atoms with Crippen molar-refractivity contribution in [1.29, 1.82) is 0 Å². The Morgan fingerprint density at radius 2 is 0.686 bits per heavy atom. The molecule has 22 nitrogen and oxygen atoms in total. The van der Waals surface area contributed by atoms with Crippen molar-refractivity contribution in [3.8, 4) is 0 Å². The van der Waals surface area contributed by atoms with E-state index in [2.05, 4.69) is 38.1 Å². The fourth-order valence-electron chi connectivity index (χ4n) is 13.3. The van der Waals surface area contributed by atoms with Crippen LogP contribution in [0, 0.1) is 73.9 Å². The second-order valence-electron chi connectivity index (χ2n) is 34.0. The number of benzene rings is 9. The van der Waals surface area contributed by atoms with Gasteiger partial charge in [-0.3, -0.25) is 67.2 Å². The molecule has 1 fully saturated rings. The molecule has 1 saturated heterocycles. The topological polar surface area (TPSA) is 355 Å². The standard InChI is InChI=1S/C15H20ClNO.C14H19ClO.C14H18O2.C12H16ClNO.C12H15F2NO.2C12H15NO2.C11H13NO2.C10H12ClNO3/c1-12-6-7-13(14(16)11-12)15(18)5-4-10-17-8-2-3-9-17;1-3-4-5-6-7-14(16)12-9-8-11(2)10-13(12)15;1-3-13(15)5-4-6-14(16)12-9-7-11(2)8-10-12;1-9-5-6-10(11(13)8-9)12(15)4-3-7-14-2;1-8-6-9(13)12(10(14)7-8)11(16)4-3-5-15-2;1-9-3-5-10(6-4-9)11(14)7-8-12(15)13-2;1-9-5-7-10(8-6-9)11(14)3-2-4-12(13)15;1-8-2-4-9(5-3-8)10(13)6-7-11(12)14;1-7-2-3-8(9(11)6-7)10(14)12-15-5-4-13/h6-7,11H,2-5,8-10H2,1H3;8-10H,3-7H2,1-2H3;7-10H,3-6H2,1-2H3;5-6,8,14H,3-4,7H2,1-2H3;6-7,15H,3-5H2,1-2H3;3-6H,7-8H2,1-2H3,(H,13,15);5-8H,2-4H2,1H3,(H2,13,15);2-5H,6-7H2,1H3,(H2,12,14);2-3,6,13H,4-5H2,1H3,(H,12,14). The number of aliphatic hydroxyl groups is 1. The lowest BCUT2D eigenvalue weighted by atomic mass is 10.0. The summed E-state index contributed by atoms with van der Waals surface area (Å²) in [5.74, 6) is -2.49. The molecule has 0 radical (unpaired) electrons. The maximum absolute atomic E-state index is 13.4. The minimum atomic E-state index is -0.771. The van der Waals surface area contributed by atoms with Gasteiger partial charge in [-0.1, -0.05) is 223 Å². The number of carbonyl (C=O) groups is 13. The summed E-state index contributed by atoms with van der Waals surface area (Å²) in [5.41, 5.74) is 26.0. The molecule has 10 rings (SSSR count). The Morgan fingerprint density at radius 1 is 0.357 bits per heavy atom. The highest BCUT2D eigenvalue weighted by Crippen LogP contribution is 2.26. The summed E-state index contributed by atoms with van der Waals surface area (Å²) in [7, 11) is 5.21. The van der Waals surface area contributed by atoms with Gasteiger partial charge in [-0.05, 0) is 249 Å². The minimum Gasteiger partial charge on any atom is -0.394 e. The van der Waals surface area contributed by atoms with E-state index < -0.39 is 34.8 Å². The Morgan fingerprint density at radius 3 is 1.03 bits per heavy atom. The molecule has 0 bridgehead atoms. The second kappa shape index (κ2) is 72.0. The molecule has 1 heterocycles. The number of Topliss-reactive ketones (excluding diaryl/α,β-unsaturated/α-hetero) is 9. The average molecular weight is 2010 g/mol. The van der Waals surface area contributed by atoms with Crippen molar-refractivity contribution in [2.45, 2.75) is 230 Å². The van der Waals surface area contributed by atoms with Crippen LogP contribution in [0.25, 0.3) is 0 Å². The third kappa shape index (κ3) is 53.9. The first-order valence-corrected chi connectivity index (χ1v) is 49.0. The molecule has 758 valence electrons. The van der Waals surface area contributed by atoms with E-state index in [1.54, 1.807) is 69.6 Å². The predicted molar refractivity (Wildman–Crippen MR) is 560 cm³/mol. The van der Waals surface area contributed by atoms with E-state index >= 15 is 0 Å². The summed E-state index contributed by atoms with van der Waals surface area (Å²) in [6, 6.07) is 53.9. The van der Waals surface area contributed by atoms with Gasteiger partial charge in [0.1, 0.15) is 17.4 Å². The minimum absolute atomic E-state index is 0.0126. The van der Waals surface area contributed by atoms with Crippen molar-refractivity contribution >= 4 is 122 Å². The molecule has 140 heavy (non-hydrogen) atoms. The number of halogens is 6. The van der Waals surface area contributed by atoms with Crippen LogP contribution in [0.4, 0.5) is 8.78 Å². The van der Waals surface area contributed by atoms with E-state index in [-0.39, 0.29) is 110 Å². The number of ketones is 9. The number of nitrogens with zero attached hydrogens (tertiary/aromatic N) is 1. The number of aliphatic hydroxyl groups excluding tert-OH is 1. The Bertz CT molecular complexity index is 5310. The van der Waals surface area contributed by atoms with Gasteiger partial charge < -0.3 is 37.4 Å². The van der Waals surface area contributed by atoms with E-state index in [0.29, 0.717) is 135 Å². The van der Waals surface area contributed by atoms with Gasteiger partial charge in [0.2, 0.25) is 17.7 Å². The smallest absolute Gasteiger partial charge is 0.276 e. The van der Waals surface area contributed by atoms with Crippen molar-refractivity contribution in [2.75, 3.05) is 67.1 Å². The number of unbranched alkanes of at least 4 members (excludes halogenated alkanes) is 3. The zero-order chi connectivity index (χ0) is 105. The molecule has 0 unspecified atom stereocenters. The Labute approximate surface area is 846 Å². The van der Waals surface area contributed by atoms with E-state index in [4.69, 9.17) is 63.0 Å². The molecule has 0 aromatic heterocycles. The molecule has 28 heteroatoms. The maximum atomic E-state index is 13.4. The number of hydrogen-bond donors (Lipinski definition) is 7. The SMILES string of the molecule is CCC(=O)CCCC(=O)c1ccc(C)cc1.CCCCCCC(=O)c1ccc(C)cc1Cl.CNC(=O)CCC(=O)c1ccc(C)cc1.CNCCCC(=O)c1c(F)cc(C)cc1F.CNCCCC(=O)c1ccc(C)cc1Cl.Cc1ccc(C(=O)CCC(N)=O)cc1.Cc1ccc(C(=O)CCCC(N)=O)cc1.Cc1ccc(C(=O)CCCN2CCCC2)c(Cl)c1.Cc1ccc(C(=O)NOCCO)c(Cl)c1. The van der Waals surface area contributed by atoms with Crippen LogP contribution in [-0.2, 0) is 24.0 Å². The molecule has 9 aromatic rings. The van der Waals surface area contributed by atoms with Gasteiger partial charge in [0.25, 0.3) is 5.91 Å². The van der Waals surface area contributed by atoms with Gasteiger partial charge in [-0.25, -0.2) is 14.3 Å². The summed E-state index contributed by atoms with van der Waals surface area (Å²) in [5, 5.41) is 18.9. The van der Waals surface area contributed by atoms with Crippen LogP contribution < -0.4 is 32.9 Å². The van der Waals surface area contributed by atoms with E-state index in [1.165, 1.54) is 50.9 Å². The first-order valence-electron chi connectivity index (χ1n) is 47.5. The van der Waals surface area contributed by atoms with Crippen molar-refractivity contribution in [1.82, 2.24) is 26.3 Å². The number of hydroxylamine groups is 1. The van der Waals surface area contributed by atoms with Gasteiger partial charge in [0.05, 0.1) is 44.4 Å². The molecular weight excluding hydrogens is 1860 g/mol. The highest BCUT2D eigenvalue weighted by molar-refractivity contribution is 6.35. The summed E-state index contributed by atoms with van der Waals surface area (Å²) in [6.07, 6.45) is 15.6. The number of carbonyl (C=O) groups excluding carboxylic acids is 13. The molecule has 4 amide bonds. The number of amides is 4. The summed E-state index contributed by atoms with van der Waals surface area (Å²) >= 11 is 24.0. The van der Waals surface area contributed by atoms with Gasteiger partial charge in [0, 0.05) is 129 Å². The fourth-order valence-corrected chi connectivity index (χ4v) is 14.6. The van der Waals surface area contributed by atoms with E-state index in [1.807, 2.05) is 191 Å². The van der Waals surface area contributed by atoms with Crippen LogP contribution in [0.3, 0.4) is 0 Å². The third-order valence-electron chi connectivity index (χ3n) is 21.5. The quantitative estimate of drug-likeness (QED) is 0.0106. The fraction of sp³-hybridized carbons (Fsp3) is 0.402. The van der Waals surface area contributed by atoms with Crippen LogP contribution in [0.5, 0.6) is 0 Å². The van der Waals surface area contributed by atoms with Crippen LogP contribution in [0.2, 0.25) is 20.1 Å². The van der Waals surface area contributed by atoms with E-state index in [0.717, 1.165) is 88.8 Å². The number of nitrogens with two attached hydrogens (primary N) is 2. The molecule has 0 saturated carbocycles. The lowest BCUT2D eigenvalue weighted by molar-refractivity contribution is -0.121. The van der Waals surface area contributed by atoms with Crippen LogP contribution in [0.15, 0.2) is 182 Å². The van der Waals surface area contributed by atoms with Crippen molar-refractivity contribution in [3.63, 3.8) is 0 Å².